The van der Waals surface area contributed by atoms with Crippen molar-refractivity contribution in [2.75, 3.05) is 6.61 Å². The first kappa shape index (κ1) is 16.6. The van der Waals surface area contributed by atoms with Crippen molar-refractivity contribution >= 4 is 12.0 Å². The number of ether oxygens (including phenoxy) is 1. The van der Waals surface area contributed by atoms with E-state index in [-0.39, 0.29) is 11.9 Å². The SMILES string of the molecule is C=CCOc1ccc(/C=C/C(=O)N[C@@H](C)c2ccccc2)cc1. The molecule has 0 bridgehead atoms. The van der Waals surface area contributed by atoms with Crippen LogP contribution in [0.5, 0.6) is 5.75 Å². The first-order chi connectivity index (χ1) is 11.2. The molecule has 0 aliphatic heterocycles. The number of hydrogen-bond donors (Lipinski definition) is 1. The van der Waals surface area contributed by atoms with E-state index in [0.29, 0.717) is 6.61 Å². The van der Waals surface area contributed by atoms with E-state index in [4.69, 9.17) is 4.74 Å². The molecule has 0 aliphatic rings. The van der Waals surface area contributed by atoms with Crippen molar-refractivity contribution in [1.29, 1.82) is 0 Å². The van der Waals surface area contributed by atoms with Crippen molar-refractivity contribution in [3.8, 4) is 5.75 Å². The van der Waals surface area contributed by atoms with E-state index in [9.17, 15) is 4.79 Å². The zero-order chi connectivity index (χ0) is 16.5. The summed E-state index contributed by atoms with van der Waals surface area (Å²) >= 11 is 0. The summed E-state index contributed by atoms with van der Waals surface area (Å²) in [5.41, 5.74) is 2.02. The molecule has 3 nitrogen and oxygen atoms in total. The normalized spacial score (nSPS) is 11.9. The van der Waals surface area contributed by atoms with Gasteiger partial charge in [0.25, 0.3) is 0 Å². The summed E-state index contributed by atoms with van der Waals surface area (Å²) < 4.78 is 5.42. The van der Waals surface area contributed by atoms with Crippen molar-refractivity contribution in [2.45, 2.75) is 13.0 Å². The maximum absolute atomic E-state index is 12.0. The van der Waals surface area contributed by atoms with Crippen LogP contribution < -0.4 is 10.1 Å². The van der Waals surface area contributed by atoms with Crippen LogP contribution in [0.15, 0.2) is 73.3 Å². The molecule has 0 fully saturated rings. The Hall–Kier alpha value is -2.81. The minimum atomic E-state index is -0.117. The van der Waals surface area contributed by atoms with E-state index in [0.717, 1.165) is 16.9 Å². The molecule has 0 radical (unpaired) electrons. The minimum Gasteiger partial charge on any atom is -0.490 e. The summed E-state index contributed by atoms with van der Waals surface area (Å²) in [5.74, 6) is 0.664. The average Bonchev–Trinajstić information content (AvgIpc) is 2.59. The topological polar surface area (TPSA) is 38.3 Å². The molecule has 1 N–H and O–H groups in total. The lowest BCUT2D eigenvalue weighted by atomic mass is 10.1. The van der Waals surface area contributed by atoms with Crippen molar-refractivity contribution in [3.63, 3.8) is 0 Å². The molecule has 118 valence electrons. The van der Waals surface area contributed by atoms with E-state index in [2.05, 4.69) is 11.9 Å². The van der Waals surface area contributed by atoms with Gasteiger partial charge in [0.15, 0.2) is 0 Å². The fourth-order valence-electron chi connectivity index (χ4n) is 2.09. The van der Waals surface area contributed by atoms with Crippen molar-refractivity contribution in [2.24, 2.45) is 0 Å². The second kappa shape index (κ2) is 8.59. The molecule has 0 saturated heterocycles. The van der Waals surface area contributed by atoms with Gasteiger partial charge in [0, 0.05) is 6.08 Å². The molecule has 1 atom stereocenters. The van der Waals surface area contributed by atoms with Crippen LogP contribution in [0, 0.1) is 0 Å². The first-order valence-electron chi connectivity index (χ1n) is 7.56. The Morgan fingerprint density at radius 3 is 2.52 bits per heavy atom. The predicted molar refractivity (Wildman–Crippen MR) is 94.2 cm³/mol. The van der Waals surface area contributed by atoms with Crippen molar-refractivity contribution in [1.82, 2.24) is 5.32 Å². The van der Waals surface area contributed by atoms with Crippen LogP contribution in [0.1, 0.15) is 24.1 Å². The molecule has 0 heterocycles. The number of rotatable bonds is 7. The molecule has 0 aliphatic carbocycles. The second-order valence-corrected chi connectivity index (χ2v) is 5.14. The molecule has 0 saturated carbocycles. The van der Waals surface area contributed by atoms with E-state index < -0.39 is 0 Å². The number of carbonyl (C=O) groups excluding carboxylic acids is 1. The number of amides is 1. The van der Waals surface area contributed by atoms with Gasteiger partial charge in [-0.25, -0.2) is 0 Å². The molecule has 0 unspecified atom stereocenters. The molecule has 2 rings (SSSR count). The number of hydrogen-bond acceptors (Lipinski definition) is 2. The highest BCUT2D eigenvalue weighted by Crippen LogP contribution is 2.14. The van der Waals surface area contributed by atoms with Crippen molar-refractivity contribution < 1.29 is 9.53 Å². The summed E-state index contributed by atoms with van der Waals surface area (Å²) in [7, 11) is 0. The van der Waals surface area contributed by atoms with Crippen LogP contribution >= 0.6 is 0 Å². The van der Waals surface area contributed by atoms with Gasteiger partial charge in [-0.15, -0.1) is 0 Å². The molecule has 0 aromatic heterocycles. The maximum Gasteiger partial charge on any atom is 0.244 e. The number of carbonyl (C=O) groups is 1. The molecule has 2 aromatic carbocycles. The lowest BCUT2D eigenvalue weighted by Gasteiger charge is -2.12. The molecule has 23 heavy (non-hydrogen) atoms. The van der Waals surface area contributed by atoms with Crippen LogP contribution in [0.25, 0.3) is 6.08 Å². The Kier molecular flexibility index (Phi) is 6.18. The quantitative estimate of drug-likeness (QED) is 0.616. The van der Waals surface area contributed by atoms with Gasteiger partial charge in [-0.2, -0.15) is 0 Å². The van der Waals surface area contributed by atoms with Gasteiger partial charge in [-0.3, -0.25) is 4.79 Å². The molecule has 1 amide bonds. The summed E-state index contributed by atoms with van der Waals surface area (Å²) in [6.45, 7) is 6.05. The van der Waals surface area contributed by atoms with Crippen LogP contribution in [0.4, 0.5) is 0 Å². The summed E-state index contributed by atoms with van der Waals surface area (Å²) in [6.07, 6.45) is 5.02. The predicted octanol–water partition coefficient (Wildman–Crippen LogP) is 4.14. The highest BCUT2D eigenvalue weighted by molar-refractivity contribution is 5.91. The van der Waals surface area contributed by atoms with Gasteiger partial charge in [0.1, 0.15) is 12.4 Å². The minimum absolute atomic E-state index is 0.0250. The van der Waals surface area contributed by atoms with E-state index in [1.54, 1.807) is 18.2 Å². The van der Waals surface area contributed by atoms with Gasteiger partial charge >= 0.3 is 0 Å². The highest BCUT2D eigenvalue weighted by atomic mass is 16.5. The zero-order valence-corrected chi connectivity index (χ0v) is 13.2. The van der Waals surface area contributed by atoms with E-state index >= 15 is 0 Å². The van der Waals surface area contributed by atoms with Gasteiger partial charge in [-0.05, 0) is 36.3 Å². The number of benzene rings is 2. The fourth-order valence-corrected chi connectivity index (χ4v) is 2.09. The lowest BCUT2D eigenvalue weighted by Crippen LogP contribution is -2.24. The smallest absolute Gasteiger partial charge is 0.244 e. The largest absolute Gasteiger partial charge is 0.490 e. The monoisotopic (exact) mass is 307 g/mol. The Bertz CT molecular complexity index is 660. The summed E-state index contributed by atoms with van der Waals surface area (Å²) in [4.78, 5) is 12.0. The maximum atomic E-state index is 12.0. The van der Waals surface area contributed by atoms with Gasteiger partial charge in [0.05, 0.1) is 6.04 Å². The second-order valence-electron chi connectivity index (χ2n) is 5.14. The molecular weight excluding hydrogens is 286 g/mol. The Balaban J connectivity index is 1.89. The van der Waals surface area contributed by atoms with Crippen LogP contribution in [-0.2, 0) is 4.79 Å². The average molecular weight is 307 g/mol. The van der Waals surface area contributed by atoms with E-state index in [1.807, 2.05) is 61.5 Å². The summed E-state index contributed by atoms with van der Waals surface area (Å²) in [5, 5.41) is 2.94. The third-order valence-corrected chi connectivity index (χ3v) is 3.33. The fraction of sp³-hybridized carbons (Fsp3) is 0.150. The zero-order valence-electron chi connectivity index (χ0n) is 13.2. The highest BCUT2D eigenvalue weighted by Gasteiger charge is 2.06. The summed E-state index contributed by atoms with van der Waals surface area (Å²) in [6, 6.07) is 17.4. The Morgan fingerprint density at radius 2 is 1.87 bits per heavy atom. The molecular formula is C20H21NO2. The Morgan fingerprint density at radius 1 is 1.17 bits per heavy atom. The van der Waals surface area contributed by atoms with Gasteiger partial charge in [0.2, 0.25) is 5.91 Å². The Labute approximate surface area is 137 Å². The van der Waals surface area contributed by atoms with Gasteiger partial charge < -0.3 is 10.1 Å². The van der Waals surface area contributed by atoms with Crippen LogP contribution in [0.2, 0.25) is 0 Å². The van der Waals surface area contributed by atoms with Gasteiger partial charge in [-0.1, -0.05) is 55.1 Å². The van der Waals surface area contributed by atoms with Crippen LogP contribution in [-0.4, -0.2) is 12.5 Å². The van der Waals surface area contributed by atoms with Crippen molar-refractivity contribution in [3.05, 3.63) is 84.5 Å². The standard InChI is InChI=1S/C20H21NO2/c1-3-15-23-19-12-9-17(10-13-19)11-14-20(22)21-16(2)18-7-5-4-6-8-18/h3-14,16H,1,15H2,2H3,(H,21,22)/b14-11+/t16-/m0/s1. The molecule has 3 heteroatoms. The first-order valence-corrected chi connectivity index (χ1v) is 7.56. The third-order valence-electron chi connectivity index (χ3n) is 3.33. The number of nitrogens with one attached hydrogen (secondary N) is 1. The van der Waals surface area contributed by atoms with Crippen LogP contribution in [0.3, 0.4) is 0 Å². The molecule has 2 aromatic rings. The lowest BCUT2D eigenvalue weighted by molar-refractivity contribution is -0.117. The third kappa shape index (κ3) is 5.47. The molecule has 0 spiro atoms. The van der Waals surface area contributed by atoms with E-state index in [1.165, 1.54) is 0 Å².